The standard InChI is InChI=1S/C21H33F3N4O.HI/c1-4-29-14-6-12-26-20(25-2)27-15-17-7-5-13-28(3)19(17)16-8-10-18(11-9-16)21(22,23)24;/h8-11,17,19H,4-7,12-15H2,1-3H3,(H2,25,26,27);1H. The normalized spacial score (nSPS) is 20.5. The van der Waals surface area contributed by atoms with Crippen molar-refractivity contribution in [2.45, 2.75) is 38.4 Å². The first-order chi connectivity index (χ1) is 13.9. The Labute approximate surface area is 194 Å². The summed E-state index contributed by atoms with van der Waals surface area (Å²) >= 11 is 0. The summed E-state index contributed by atoms with van der Waals surface area (Å²) < 4.78 is 44.0. The molecule has 1 heterocycles. The lowest BCUT2D eigenvalue weighted by molar-refractivity contribution is -0.137. The van der Waals surface area contributed by atoms with Crippen molar-refractivity contribution in [1.82, 2.24) is 15.5 Å². The number of ether oxygens (including phenoxy) is 1. The summed E-state index contributed by atoms with van der Waals surface area (Å²) in [4.78, 5) is 6.49. The molecule has 0 saturated carbocycles. The van der Waals surface area contributed by atoms with Crippen LogP contribution in [0.1, 0.15) is 43.4 Å². The number of piperidine rings is 1. The fourth-order valence-corrected chi connectivity index (χ4v) is 3.84. The molecule has 30 heavy (non-hydrogen) atoms. The molecule has 0 amide bonds. The fraction of sp³-hybridized carbons (Fsp3) is 0.667. The van der Waals surface area contributed by atoms with Gasteiger partial charge in [-0.3, -0.25) is 9.89 Å². The Kier molecular flexibility index (Phi) is 12.0. The predicted octanol–water partition coefficient (Wildman–Crippen LogP) is 4.30. The van der Waals surface area contributed by atoms with Crippen LogP contribution in [0, 0.1) is 5.92 Å². The van der Waals surface area contributed by atoms with E-state index in [1.807, 2.05) is 14.0 Å². The molecule has 9 heteroatoms. The van der Waals surface area contributed by atoms with Gasteiger partial charge in [0.25, 0.3) is 0 Å². The maximum atomic E-state index is 12.9. The molecule has 1 fully saturated rings. The van der Waals surface area contributed by atoms with E-state index in [-0.39, 0.29) is 35.9 Å². The second-order valence-electron chi connectivity index (χ2n) is 7.38. The fourth-order valence-electron chi connectivity index (χ4n) is 3.84. The van der Waals surface area contributed by atoms with Crippen molar-refractivity contribution in [2.75, 3.05) is 46.9 Å². The summed E-state index contributed by atoms with van der Waals surface area (Å²) in [7, 11) is 3.77. The average molecular weight is 542 g/mol. The van der Waals surface area contributed by atoms with Crippen molar-refractivity contribution in [3.8, 4) is 0 Å². The predicted molar refractivity (Wildman–Crippen MR) is 125 cm³/mol. The highest BCUT2D eigenvalue weighted by Crippen LogP contribution is 2.36. The van der Waals surface area contributed by atoms with Gasteiger partial charge in [0, 0.05) is 39.4 Å². The van der Waals surface area contributed by atoms with Gasteiger partial charge < -0.3 is 15.4 Å². The van der Waals surface area contributed by atoms with Gasteiger partial charge in [0.05, 0.1) is 5.56 Å². The van der Waals surface area contributed by atoms with Crippen molar-refractivity contribution in [3.63, 3.8) is 0 Å². The van der Waals surface area contributed by atoms with Crippen LogP contribution >= 0.6 is 24.0 Å². The number of benzene rings is 1. The van der Waals surface area contributed by atoms with E-state index in [1.165, 1.54) is 12.1 Å². The molecule has 0 aromatic heterocycles. The third-order valence-corrected chi connectivity index (χ3v) is 5.30. The number of likely N-dealkylation sites (tertiary alicyclic amines) is 1. The van der Waals surface area contributed by atoms with Crippen LogP contribution in [-0.4, -0.2) is 57.8 Å². The summed E-state index contributed by atoms with van der Waals surface area (Å²) in [5.41, 5.74) is 0.317. The molecule has 0 radical (unpaired) electrons. The zero-order valence-corrected chi connectivity index (χ0v) is 20.3. The maximum absolute atomic E-state index is 12.9. The van der Waals surface area contributed by atoms with Crippen LogP contribution in [0.4, 0.5) is 13.2 Å². The van der Waals surface area contributed by atoms with E-state index < -0.39 is 11.7 Å². The minimum Gasteiger partial charge on any atom is -0.382 e. The number of alkyl halides is 3. The van der Waals surface area contributed by atoms with Crippen LogP contribution < -0.4 is 10.6 Å². The van der Waals surface area contributed by atoms with Crippen molar-refractivity contribution in [2.24, 2.45) is 10.9 Å². The number of nitrogens with zero attached hydrogens (tertiary/aromatic N) is 2. The summed E-state index contributed by atoms with van der Waals surface area (Å²) in [6.45, 7) is 5.82. The van der Waals surface area contributed by atoms with E-state index in [4.69, 9.17) is 4.74 Å². The topological polar surface area (TPSA) is 48.9 Å². The van der Waals surface area contributed by atoms with Crippen molar-refractivity contribution >= 4 is 29.9 Å². The Morgan fingerprint density at radius 2 is 1.93 bits per heavy atom. The molecular weight excluding hydrogens is 508 g/mol. The zero-order valence-electron chi connectivity index (χ0n) is 18.0. The third-order valence-electron chi connectivity index (χ3n) is 5.30. The first kappa shape index (κ1) is 27.0. The molecule has 2 rings (SSSR count). The lowest BCUT2D eigenvalue weighted by Gasteiger charge is -2.40. The molecule has 0 spiro atoms. The Bertz CT molecular complexity index is 640. The van der Waals surface area contributed by atoms with E-state index >= 15 is 0 Å². The monoisotopic (exact) mass is 542 g/mol. The molecule has 1 aliphatic heterocycles. The largest absolute Gasteiger partial charge is 0.416 e. The highest BCUT2D eigenvalue weighted by Gasteiger charge is 2.33. The number of hydrogen-bond acceptors (Lipinski definition) is 3. The summed E-state index contributed by atoms with van der Waals surface area (Å²) in [5, 5.41) is 6.66. The van der Waals surface area contributed by atoms with E-state index in [0.717, 1.165) is 43.9 Å². The van der Waals surface area contributed by atoms with Gasteiger partial charge in [-0.05, 0) is 63.4 Å². The minimum atomic E-state index is -4.31. The molecule has 1 aromatic carbocycles. The van der Waals surface area contributed by atoms with Crippen LogP contribution in [0.2, 0.25) is 0 Å². The van der Waals surface area contributed by atoms with Gasteiger partial charge in [-0.15, -0.1) is 24.0 Å². The van der Waals surface area contributed by atoms with Crippen LogP contribution in [0.15, 0.2) is 29.3 Å². The van der Waals surface area contributed by atoms with Crippen molar-refractivity contribution in [3.05, 3.63) is 35.4 Å². The molecule has 1 aromatic rings. The molecule has 2 unspecified atom stereocenters. The number of hydrogen-bond donors (Lipinski definition) is 2. The molecule has 2 N–H and O–H groups in total. The molecule has 172 valence electrons. The van der Waals surface area contributed by atoms with Crippen molar-refractivity contribution < 1.29 is 17.9 Å². The van der Waals surface area contributed by atoms with Gasteiger partial charge in [-0.1, -0.05) is 12.1 Å². The van der Waals surface area contributed by atoms with Crippen LogP contribution in [0.3, 0.4) is 0 Å². The van der Waals surface area contributed by atoms with E-state index in [1.54, 1.807) is 19.2 Å². The second-order valence-corrected chi connectivity index (χ2v) is 7.38. The summed E-state index contributed by atoms with van der Waals surface area (Å²) in [6.07, 6.45) is -1.32. The first-order valence-electron chi connectivity index (χ1n) is 10.3. The van der Waals surface area contributed by atoms with Gasteiger partial charge >= 0.3 is 6.18 Å². The Hall–Kier alpha value is -1.07. The van der Waals surface area contributed by atoms with Gasteiger partial charge in [0.2, 0.25) is 0 Å². The Morgan fingerprint density at radius 1 is 1.23 bits per heavy atom. The highest BCUT2D eigenvalue weighted by atomic mass is 127. The molecular formula is C21H34F3IN4O. The van der Waals surface area contributed by atoms with Crippen LogP contribution in [0.5, 0.6) is 0 Å². The zero-order chi connectivity index (χ0) is 21.3. The Balaban J connectivity index is 0.00000450. The lowest BCUT2D eigenvalue weighted by Crippen LogP contribution is -2.45. The van der Waals surface area contributed by atoms with Crippen molar-refractivity contribution in [1.29, 1.82) is 0 Å². The van der Waals surface area contributed by atoms with Gasteiger partial charge in [-0.2, -0.15) is 13.2 Å². The molecule has 1 aliphatic rings. The second kappa shape index (κ2) is 13.4. The molecule has 5 nitrogen and oxygen atoms in total. The number of guanidine groups is 1. The number of halogens is 4. The van der Waals surface area contributed by atoms with Gasteiger partial charge in [-0.25, -0.2) is 0 Å². The van der Waals surface area contributed by atoms with Gasteiger partial charge in [0.1, 0.15) is 0 Å². The van der Waals surface area contributed by atoms with E-state index in [9.17, 15) is 13.2 Å². The summed E-state index contributed by atoms with van der Waals surface area (Å²) in [5.74, 6) is 1.02. The molecule has 2 atom stereocenters. The van der Waals surface area contributed by atoms with Gasteiger partial charge in [0.15, 0.2) is 5.96 Å². The lowest BCUT2D eigenvalue weighted by atomic mass is 9.84. The third kappa shape index (κ3) is 8.22. The Morgan fingerprint density at radius 3 is 2.53 bits per heavy atom. The summed E-state index contributed by atoms with van der Waals surface area (Å²) in [6, 6.07) is 5.67. The van der Waals surface area contributed by atoms with Crippen LogP contribution in [0.25, 0.3) is 0 Å². The molecule has 1 saturated heterocycles. The molecule has 0 aliphatic carbocycles. The van der Waals surface area contributed by atoms with Crippen LogP contribution in [-0.2, 0) is 10.9 Å². The number of aliphatic imine (C=N–C) groups is 1. The molecule has 0 bridgehead atoms. The highest BCUT2D eigenvalue weighted by molar-refractivity contribution is 14.0. The average Bonchev–Trinajstić information content (AvgIpc) is 2.69. The smallest absolute Gasteiger partial charge is 0.382 e. The SMILES string of the molecule is CCOCCCNC(=NC)NCC1CCCN(C)C1c1ccc(C(F)(F)F)cc1.I. The number of rotatable bonds is 8. The van der Waals surface area contributed by atoms with E-state index in [0.29, 0.717) is 19.8 Å². The maximum Gasteiger partial charge on any atom is 0.416 e. The quantitative estimate of drug-likeness (QED) is 0.223. The minimum absolute atomic E-state index is 0. The first-order valence-corrected chi connectivity index (χ1v) is 10.3. The van der Waals surface area contributed by atoms with E-state index in [2.05, 4.69) is 20.5 Å². The number of nitrogens with one attached hydrogen (secondary N) is 2.